The highest BCUT2D eigenvalue weighted by molar-refractivity contribution is 5.99. The lowest BCUT2D eigenvalue weighted by molar-refractivity contribution is -0.385. The number of benzene rings is 1. The highest BCUT2D eigenvalue weighted by Gasteiger charge is 2.27. The lowest BCUT2D eigenvalue weighted by Gasteiger charge is -2.20. The molecule has 8 nitrogen and oxygen atoms in total. The quantitative estimate of drug-likeness (QED) is 0.445. The first-order valence-electron chi connectivity index (χ1n) is 6.98. The molecule has 2 N–H and O–H groups in total. The molecule has 122 valence electrons. The van der Waals surface area contributed by atoms with Crippen molar-refractivity contribution in [2.45, 2.75) is 20.3 Å². The highest BCUT2D eigenvalue weighted by atomic mass is 16.6. The van der Waals surface area contributed by atoms with Gasteiger partial charge < -0.3 is 14.4 Å². The van der Waals surface area contributed by atoms with Crippen LogP contribution in [0.2, 0.25) is 0 Å². The van der Waals surface area contributed by atoms with Gasteiger partial charge in [0.05, 0.1) is 18.1 Å². The van der Waals surface area contributed by atoms with Crippen molar-refractivity contribution in [3.8, 4) is 11.5 Å². The van der Waals surface area contributed by atoms with Gasteiger partial charge in [-0.15, -0.1) is 0 Å². The van der Waals surface area contributed by atoms with E-state index in [4.69, 9.17) is 15.2 Å². The van der Waals surface area contributed by atoms with Crippen LogP contribution in [0.1, 0.15) is 30.6 Å². The van der Waals surface area contributed by atoms with E-state index in [2.05, 4.69) is 0 Å². The van der Waals surface area contributed by atoms with Crippen molar-refractivity contribution in [3.05, 3.63) is 27.8 Å². The molecular weight excluding hydrogens is 290 g/mol. The van der Waals surface area contributed by atoms with Crippen LogP contribution in [-0.2, 0) is 0 Å². The Morgan fingerprint density at radius 1 is 1.36 bits per heavy atom. The summed E-state index contributed by atoms with van der Waals surface area (Å²) in [6, 6.07) is 2.49. The number of hydrogen-bond acceptors (Lipinski definition) is 6. The van der Waals surface area contributed by atoms with Crippen LogP contribution in [0.5, 0.6) is 11.5 Å². The van der Waals surface area contributed by atoms with E-state index in [-0.39, 0.29) is 29.5 Å². The molecule has 0 aliphatic heterocycles. The van der Waals surface area contributed by atoms with Crippen LogP contribution in [0.3, 0.4) is 0 Å². The Balaban J connectivity index is 3.38. The Labute approximate surface area is 128 Å². The van der Waals surface area contributed by atoms with Gasteiger partial charge in [0.25, 0.3) is 11.6 Å². The maximum absolute atomic E-state index is 12.5. The fraction of sp³-hybridized carbons (Fsp3) is 0.500. The van der Waals surface area contributed by atoms with Gasteiger partial charge in [0, 0.05) is 19.2 Å². The molecule has 0 radical (unpaired) electrons. The first kappa shape index (κ1) is 17.7. The minimum absolute atomic E-state index is 0.0264. The molecule has 0 bridgehead atoms. The van der Waals surface area contributed by atoms with Crippen LogP contribution in [0.4, 0.5) is 5.69 Å². The minimum atomic E-state index is -0.615. The van der Waals surface area contributed by atoms with E-state index in [0.717, 1.165) is 6.42 Å². The number of nitro benzene ring substituents is 1. The van der Waals surface area contributed by atoms with E-state index in [0.29, 0.717) is 13.1 Å². The van der Waals surface area contributed by atoms with Crippen LogP contribution in [0.25, 0.3) is 0 Å². The molecule has 1 amide bonds. The molecule has 8 heteroatoms. The molecule has 0 atom stereocenters. The zero-order chi connectivity index (χ0) is 16.7. The third-order valence-electron chi connectivity index (χ3n) is 3.11. The fourth-order valence-electron chi connectivity index (χ4n) is 2.08. The molecule has 0 saturated heterocycles. The van der Waals surface area contributed by atoms with Gasteiger partial charge in [-0.25, -0.2) is 0 Å². The molecule has 1 rings (SSSR count). The van der Waals surface area contributed by atoms with E-state index < -0.39 is 10.8 Å². The molecule has 0 aliphatic rings. The Morgan fingerprint density at radius 2 is 2.05 bits per heavy atom. The fourth-order valence-corrected chi connectivity index (χ4v) is 2.08. The number of amides is 1. The van der Waals surface area contributed by atoms with E-state index in [9.17, 15) is 14.9 Å². The van der Waals surface area contributed by atoms with Gasteiger partial charge in [0.15, 0.2) is 11.5 Å². The second kappa shape index (κ2) is 8.18. The zero-order valence-electron chi connectivity index (χ0n) is 13.0. The predicted molar refractivity (Wildman–Crippen MR) is 81.2 cm³/mol. The van der Waals surface area contributed by atoms with Gasteiger partial charge in [-0.05, 0) is 13.3 Å². The van der Waals surface area contributed by atoms with Crippen LogP contribution in [0, 0.1) is 10.1 Å². The number of methoxy groups -OCH3 is 1. The molecule has 0 unspecified atom stereocenters. The third kappa shape index (κ3) is 3.85. The van der Waals surface area contributed by atoms with Crippen molar-refractivity contribution in [3.63, 3.8) is 0 Å². The minimum Gasteiger partial charge on any atom is -0.493 e. The SMILES string of the molecule is CCCN(CC)C(=O)c1cc(OC)c(OCN)cc1[N+](=O)[O-]. The number of ether oxygens (including phenoxy) is 2. The smallest absolute Gasteiger partial charge is 0.286 e. The lowest BCUT2D eigenvalue weighted by atomic mass is 10.1. The Bertz CT molecular complexity index is 548. The topological polar surface area (TPSA) is 108 Å². The second-order valence-electron chi connectivity index (χ2n) is 4.47. The van der Waals surface area contributed by atoms with E-state index in [1.807, 2.05) is 13.8 Å². The van der Waals surface area contributed by atoms with Gasteiger partial charge >= 0.3 is 0 Å². The number of hydrogen-bond donors (Lipinski definition) is 1. The van der Waals surface area contributed by atoms with Gasteiger partial charge in [-0.1, -0.05) is 6.92 Å². The summed E-state index contributed by atoms with van der Waals surface area (Å²) in [5.74, 6) is -0.0487. The number of nitro groups is 1. The zero-order valence-corrected chi connectivity index (χ0v) is 13.0. The molecule has 0 spiro atoms. The summed E-state index contributed by atoms with van der Waals surface area (Å²) in [6.45, 7) is 4.59. The molecule has 22 heavy (non-hydrogen) atoms. The maximum atomic E-state index is 12.5. The van der Waals surface area contributed by atoms with E-state index in [1.165, 1.54) is 19.2 Å². The number of carbonyl (C=O) groups excluding carboxylic acids is 1. The highest BCUT2D eigenvalue weighted by Crippen LogP contribution is 2.35. The van der Waals surface area contributed by atoms with Crippen LogP contribution < -0.4 is 15.2 Å². The summed E-state index contributed by atoms with van der Waals surface area (Å²) >= 11 is 0. The summed E-state index contributed by atoms with van der Waals surface area (Å²) in [4.78, 5) is 24.7. The Kier molecular flexibility index (Phi) is 6.58. The largest absolute Gasteiger partial charge is 0.493 e. The Morgan fingerprint density at radius 3 is 2.50 bits per heavy atom. The summed E-state index contributed by atoms with van der Waals surface area (Å²) in [5, 5.41) is 11.3. The summed E-state index contributed by atoms with van der Waals surface area (Å²) < 4.78 is 10.2. The van der Waals surface area contributed by atoms with E-state index >= 15 is 0 Å². The van der Waals surface area contributed by atoms with Crippen LogP contribution in [0.15, 0.2) is 12.1 Å². The summed E-state index contributed by atoms with van der Waals surface area (Å²) in [6.07, 6.45) is 0.763. The maximum Gasteiger partial charge on any atom is 0.286 e. The molecule has 0 fully saturated rings. The van der Waals surface area contributed by atoms with Crippen molar-refractivity contribution in [1.82, 2.24) is 4.90 Å². The molecule has 1 aromatic rings. The van der Waals surface area contributed by atoms with E-state index in [1.54, 1.807) is 4.90 Å². The second-order valence-corrected chi connectivity index (χ2v) is 4.47. The average Bonchev–Trinajstić information content (AvgIpc) is 2.51. The first-order valence-corrected chi connectivity index (χ1v) is 6.98. The molecule has 0 aliphatic carbocycles. The van der Waals surface area contributed by atoms with Crippen LogP contribution in [-0.4, -0.2) is 42.7 Å². The van der Waals surface area contributed by atoms with Crippen molar-refractivity contribution in [2.24, 2.45) is 5.73 Å². The lowest BCUT2D eigenvalue weighted by Crippen LogP contribution is -2.32. The van der Waals surface area contributed by atoms with Crippen molar-refractivity contribution in [1.29, 1.82) is 0 Å². The normalized spacial score (nSPS) is 10.2. The summed E-state index contributed by atoms with van der Waals surface area (Å²) in [7, 11) is 1.39. The number of nitrogens with zero attached hydrogens (tertiary/aromatic N) is 2. The number of nitrogens with two attached hydrogens (primary N) is 1. The third-order valence-corrected chi connectivity index (χ3v) is 3.11. The summed E-state index contributed by atoms with van der Waals surface area (Å²) in [5.41, 5.74) is 4.94. The van der Waals surface area contributed by atoms with Crippen LogP contribution >= 0.6 is 0 Å². The van der Waals surface area contributed by atoms with Gasteiger partial charge in [0.1, 0.15) is 12.3 Å². The molecule has 0 heterocycles. The molecule has 0 saturated carbocycles. The van der Waals surface area contributed by atoms with Crippen molar-refractivity contribution >= 4 is 11.6 Å². The van der Waals surface area contributed by atoms with Crippen molar-refractivity contribution in [2.75, 3.05) is 26.9 Å². The molecule has 0 aromatic heterocycles. The van der Waals surface area contributed by atoms with Crippen molar-refractivity contribution < 1.29 is 19.2 Å². The average molecular weight is 311 g/mol. The first-order chi connectivity index (χ1) is 10.5. The monoisotopic (exact) mass is 311 g/mol. The number of rotatable bonds is 8. The Hall–Kier alpha value is -2.35. The van der Waals surface area contributed by atoms with Gasteiger partial charge in [-0.3, -0.25) is 20.6 Å². The standard InChI is InChI=1S/C14H21N3O5/c1-4-6-16(5-2)14(18)10-7-12(21-3)13(22-9-15)8-11(10)17(19)20/h7-8H,4-6,9,15H2,1-3H3. The van der Waals surface area contributed by atoms with Gasteiger partial charge in [-0.2, -0.15) is 0 Å². The molecular formula is C14H21N3O5. The molecule has 1 aromatic carbocycles. The number of carbonyl (C=O) groups is 1. The van der Waals surface area contributed by atoms with Gasteiger partial charge in [0.2, 0.25) is 0 Å². The predicted octanol–water partition coefficient (Wildman–Crippen LogP) is 1.77.